The first kappa shape index (κ1) is 15.9. The number of phenolic OH excluding ortho intramolecular Hbond substituents is 1. The first-order valence-corrected chi connectivity index (χ1v) is 8.00. The molecule has 0 unspecified atom stereocenters. The van der Waals surface area contributed by atoms with Crippen LogP contribution >= 0.6 is 0 Å². The molecule has 0 saturated heterocycles. The zero-order chi connectivity index (χ0) is 18.3. The molecule has 4 aromatic rings. The van der Waals surface area contributed by atoms with Gasteiger partial charge in [0.05, 0.1) is 29.5 Å². The molecule has 3 N–H and O–H groups in total. The Morgan fingerprint density at radius 1 is 1.31 bits per heavy atom. The van der Waals surface area contributed by atoms with E-state index >= 15 is 0 Å². The molecule has 0 atom stereocenters. The number of para-hydroxylation sites is 1. The van der Waals surface area contributed by atoms with Gasteiger partial charge in [0.2, 0.25) is 5.91 Å². The minimum atomic E-state index is -0.589. The third-order valence-corrected chi connectivity index (χ3v) is 4.33. The summed E-state index contributed by atoms with van der Waals surface area (Å²) in [4.78, 5) is 31.9. The second-order valence-electron chi connectivity index (χ2n) is 6.00. The van der Waals surface area contributed by atoms with Crippen LogP contribution in [-0.2, 0) is 11.2 Å². The summed E-state index contributed by atoms with van der Waals surface area (Å²) in [6.07, 6.45) is 1.43. The van der Waals surface area contributed by atoms with Crippen molar-refractivity contribution >= 4 is 33.6 Å². The lowest BCUT2D eigenvalue weighted by Crippen LogP contribution is -2.20. The standard InChI is InChI=1S/C19H15N3O4/c1-10-12-6-5-11(23)7-16(12)26-19(25)13(10)8-17(24)22-15-4-2-3-14-18(15)21-9-20-14/h2-7,9,23H,8H2,1H3,(H,20,21)(H,22,24). The smallest absolute Gasteiger partial charge is 0.340 e. The molecule has 130 valence electrons. The molecule has 4 rings (SSSR count). The van der Waals surface area contributed by atoms with Gasteiger partial charge in [-0.25, -0.2) is 9.78 Å². The maximum atomic E-state index is 12.5. The average Bonchev–Trinajstić information content (AvgIpc) is 3.08. The number of carbonyl (C=O) groups is 1. The third kappa shape index (κ3) is 2.69. The summed E-state index contributed by atoms with van der Waals surface area (Å²) >= 11 is 0. The lowest BCUT2D eigenvalue weighted by atomic mass is 10.0. The maximum absolute atomic E-state index is 12.5. The summed E-state index contributed by atoms with van der Waals surface area (Å²) in [5.41, 5.74) is 2.68. The summed E-state index contributed by atoms with van der Waals surface area (Å²) in [7, 11) is 0. The number of aromatic nitrogens is 2. The molecule has 0 spiro atoms. The van der Waals surface area contributed by atoms with Crippen LogP contribution in [0.4, 0.5) is 5.69 Å². The van der Waals surface area contributed by atoms with Gasteiger partial charge in [-0.3, -0.25) is 4.79 Å². The summed E-state index contributed by atoms with van der Waals surface area (Å²) in [6.45, 7) is 1.76. The molecule has 0 saturated carbocycles. The SMILES string of the molecule is Cc1c(CC(=O)Nc2cccc3[nH]cnc23)c(=O)oc2cc(O)ccc12. The van der Waals surface area contributed by atoms with Gasteiger partial charge in [-0.05, 0) is 36.8 Å². The van der Waals surface area contributed by atoms with Crippen LogP contribution in [0.5, 0.6) is 5.75 Å². The van der Waals surface area contributed by atoms with E-state index in [0.717, 1.165) is 5.52 Å². The van der Waals surface area contributed by atoms with Gasteiger partial charge in [-0.2, -0.15) is 0 Å². The van der Waals surface area contributed by atoms with E-state index in [0.29, 0.717) is 22.2 Å². The van der Waals surface area contributed by atoms with Crippen molar-refractivity contribution in [2.24, 2.45) is 0 Å². The molecular weight excluding hydrogens is 334 g/mol. The van der Waals surface area contributed by atoms with Crippen molar-refractivity contribution in [3.05, 3.63) is 64.3 Å². The number of aromatic hydroxyl groups is 1. The Morgan fingerprint density at radius 2 is 2.15 bits per heavy atom. The van der Waals surface area contributed by atoms with Crippen LogP contribution in [0, 0.1) is 6.92 Å². The van der Waals surface area contributed by atoms with Gasteiger partial charge in [-0.15, -0.1) is 0 Å². The fourth-order valence-corrected chi connectivity index (χ4v) is 3.01. The Labute approximate surface area is 147 Å². The first-order valence-electron chi connectivity index (χ1n) is 8.00. The second kappa shape index (κ2) is 6.03. The van der Waals surface area contributed by atoms with Crippen molar-refractivity contribution in [1.29, 1.82) is 0 Å². The fourth-order valence-electron chi connectivity index (χ4n) is 3.01. The average molecular weight is 349 g/mol. The second-order valence-corrected chi connectivity index (χ2v) is 6.00. The van der Waals surface area contributed by atoms with Gasteiger partial charge >= 0.3 is 5.63 Å². The van der Waals surface area contributed by atoms with Gasteiger partial charge < -0.3 is 19.8 Å². The number of anilines is 1. The minimum absolute atomic E-state index is 0.0117. The summed E-state index contributed by atoms with van der Waals surface area (Å²) in [5, 5.41) is 13.0. The monoisotopic (exact) mass is 349 g/mol. The fraction of sp³-hybridized carbons (Fsp3) is 0.105. The van der Waals surface area contributed by atoms with Gasteiger partial charge in [0, 0.05) is 11.5 Å². The normalized spacial score (nSPS) is 11.1. The van der Waals surface area contributed by atoms with E-state index in [1.807, 2.05) is 6.07 Å². The molecule has 0 aliphatic carbocycles. The molecule has 7 nitrogen and oxygen atoms in total. The highest BCUT2D eigenvalue weighted by atomic mass is 16.4. The number of rotatable bonds is 3. The predicted octanol–water partition coefficient (Wildman–Crippen LogP) is 2.86. The van der Waals surface area contributed by atoms with E-state index in [-0.39, 0.29) is 29.2 Å². The Morgan fingerprint density at radius 3 is 3.00 bits per heavy atom. The number of phenols is 1. The Bertz CT molecular complexity index is 1210. The largest absolute Gasteiger partial charge is 0.508 e. The van der Waals surface area contributed by atoms with E-state index in [1.165, 1.54) is 12.1 Å². The van der Waals surface area contributed by atoms with Crippen molar-refractivity contribution in [1.82, 2.24) is 9.97 Å². The number of hydrogen-bond acceptors (Lipinski definition) is 5. The quantitative estimate of drug-likeness (QED) is 0.493. The molecule has 2 heterocycles. The Hall–Kier alpha value is -3.61. The summed E-state index contributed by atoms with van der Waals surface area (Å²) in [6, 6.07) is 9.96. The highest BCUT2D eigenvalue weighted by Crippen LogP contribution is 2.24. The summed E-state index contributed by atoms with van der Waals surface area (Å²) in [5.74, 6) is -0.327. The van der Waals surface area contributed by atoms with Crippen LogP contribution in [0.25, 0.3) is 22.0 Å². The number of aromatic amines is 1. The van der Waals surface area contributed by atoms with Crippen molar-refractivity contribution in [3.8, 4) is 5.75 Å². The van der Waals surface area contributed by atoms with Crippen LogP contribution in [-0.4, -0.2) is 21.0 Å². The number of fused-ring (bicyclic) bond motifs is 2. The van der Waals surface area contributed by atoms with E-state index in [1.54, 1.807) is 31.5 Å². The molecule has 0 bridgehead atoms. The number of H-pyrrole nitrogens is 1. The first-order chi connectivity index (χ1) is 12.5. The number of carbonyl (C=O) groups excluding carboxylic acids is 1. The molecule has 26 heavy (non-hydrogen) atoms. The van der Waals surface area contributed by atoms with Gasteiger partial charge in [0.25, 0.3) is 0 Å². The van der Waals surface area contributed by atoms with Crippen LogP contribution in [0.3, 0.4) is 0 Å². The van der Waals surface area contributed by atoms with Crippen molar-refractivity contribution < 1.29 is 14.3 Å². The Balaban J connectivity index is 1.66. The molecule has 0 aliphatic heterocycles. The molecule has 1 amide bonds. The van der Waals surface area contributed by atoms with Crippen molar-refractivity contribution in [2.75, 3.05) is 5.32 Å². The molecular formula is C19H15N3O4. The topological polar surface area (TPSA) is 108 Å². The molecule has 0 fully saturated rings. The molecule has 0 radical (unpaired) electrons. The van der Waals surface area contributed by atoms with Gasteiger partial charge in [-0.1, -0.05) is 6.07 Å². The summed E-state index contributed by atoms with van der Waals surface area (Å²) < 4.78 is 5.25. The van der Waals surface area contributed by atoms with Crippen LogP contribution < -0.4 is 10.9 Å². The van der Waals surface area contributed by atoms with E-state index in [2.05, 4.69) is 15.3 Å². The predicted molar refractivity (Wildman–Crippen MR) is 97.3 cm³/mol. The molecule has 7 heteroatoms. The number of hydrogen-bond donors (Lipinski definition) is 3. The molecule has 2 aromatic heterocycles. The van der Waals surface area contributed by atoms with Crippen LogP contribution in [0.1, 0.15) is 11.1 Å². The van der Waals surface area contributed by atoms with E-state index in [9.17, 15) is 14.7 Å². The zero-order valence-electron chi connectivity index (χ0n) is 13.9. The number of imidazole rings is 1. The highest BCUT2D eigenvalue weighted by Gasteiger charge is 2.16. The van der Waals surface area contributed by atoms with E-state index in [4.69, 9.17) is 4.42 Å². The molecule has 0 aliphatic rings. The minimum Gasteiger partial charge on any atom is -0.508 e. The van der Waals surface area contributed by atoms with Crippen molar-refractivity contribution in [2.45, 2.75) is 13.3 Å². The lowest BCUT2D eigenvalue weighted by molar-refractivity contribution is -0.115. The highest BCUT2D eigenvalue weighted by molar-refractivity contribution is 6.00. The number of nitrogens with zero attached hydrogens (tertiary/aromatic N) is 1. The Kier molecular flexibility index (Phi) is 3.69. The van der Waals surface area contributed by atoms with Crippen molar-refractivity contribution in [3.63, 3.8) is 0 Å². The van der Waals surface area contributed by atoms with Crippen LogP contribution in [0.15, 0.2) is 51.9 Å². The van der Waals surface area contributed by atoms with E-state index < -0.39 is 5.63 Å². The van der Waals surface area contributed by atoms with Gasteiger partial charge in [0.15, 0.2) is 0 Å². The third-order valence-electron chi connectivity index (χ3n) is 4.33. The zero-order valence-corrected chi connectivity index (χ0v) is 13.9. The molecule has 2 aromatic carbocycles. The maximum Gasteiger partial charge on any atom is 0.340 e. The lowest BCUT2D eigenvalue weighted by Gasteiger charge is -2.09. The van der Waals surface area contributed by atoms with Gasteiger partial charge in [0.1, 0.15) is 16.8 Å². The number of benzene rings is 2. The number of aryl methyl sites for hydroxylation is 1. The number of nitrogens with one attached hydrogen (secondary N) is 2. The number of amides is 1. The van der Waals surface area contributed by atoms with Crippen LogP contribution in [0.2, 0.25) is 0 Å².